The molecule has 1 amide bonds. The molecule has 7 nitrogen and oxygen atoms in total. The number of aromatic nitrogens is 3. The van der Waals surface area contributed by atoms with Gasteiger partial charge in [-0.2, -0.15) is 5.26 Å². The molecule has 1 aromatic carbocycles. The minimum Gasteiger partial charge on any atom is -0.383 e. The molecule has 0 aliphatic carbocycles. The summed E-state index contributed by atoms with van der Waals surface area (Å²) >= 11 is 0. The third kappa shape index (κ3) is 4.25. The maximum absolute atomic E-state index is 13.7. The minimum atomic E-state index is -0.289. The maximum atomic E-state index is 13.7. The van der Waals surface area contributed by atoms with Gasteiger partial charge >= 0.3 is 0 Å². The molecular formula is C25H22N6O. The molecule has 4 aromatic rings. The van der Waals surface area contributed by atoms with Crippen LogP contribution in [0.15, 0.2) is 67.0 Å². The van der Waals surface area contributed by atoms with Gasteiger partial charge in [-0.1, -0.05) is 6.07 Å². The van der Waals surface area contributed by atoms with Gasteiger partial charge in [-0.05, 0) is 67.9 Å². The Labute approximate surface area is 186 Å². The van der Waals surface area contributed by atoms with Crippen molar-refractivity contribution in [1.29, 1.82) is 5.26 Å². The van der Waals surface area contributed by atoms with E-state index in [1.54, 1.807) is 29.3 Å². The van der Waals surface area contributed by atoms with E-state index in [9.17, 15) is 4.79 Å². The Kier molecular flexibility index (Phi) is 5.77. The second-order valence-corrected chi connectivity index (χ2v) is 7.61. The van der Waals surface area contributed by atoms with Gasteiger partial charge in [0.05, 0.1) is 35.1 Å². The van der Waals surface area contributed by atoms with Crippen LogP contribution < -0.4 is 5.73 Å². The second kappa shape index (κ2) is 8.82. The normalized spacial score (nSPS) is 11.7. The summed E-state index contributed by atoms with van der Waals surface area (Å²) < 4.78 is 0. The average Bonchev–Trinajstić information content (AvgIpc) is 2.83. The number of hydrogen-bond acceptors (Lipinski definition) is 6. The Bertz CT molecular complexity index is 1310. The van der Waals surface area contributed by atoms with Gasteiger partial charge in [0.1, 0.15) is 11.9 Å². The van der Waals surface area contributed by atoms with Crippen LogP contribution in [-0.4, -0.2) is 25.8 Å². The number of nitrogens with zero attached hydrogens (tertiary/aromatic N) is 5. The zero-order chi connectivity index (χ0) is 22.7. The van der Waals surface area contributed by atoms with Crippen molar-refractivity contribution >= 4 is 22.6 Å². The topological polar surface area (TPSA) is 109 Å². The average molecular weight is 422 g/mol. The number of fused-ring (bicyclic) bond motifs is 1. The van der Waals surface area contributed by atoms with Crippen molar-refractivity contribution in [2.75, 3.05) is 5.73 Å². The van der Waals surface area contributed by atoms with Gasteiger partial charge < -0.3 is 10.6 Å². The van der Waals surface area contributed by atoms with Crippen LogP contribution in [-0.2, 0) is 6.54 Å². The molecule has 7 heteroatoms. The second-order valence-electron chi connectivity index (χ2n) is 7.61. The smallest absolute Gasteiger partial charge is 0.254 e. The Balaban J connectivity index is 1.72. The van der Waals surface area contributed by atoms with E-state index in [-0.39, 0.29) is 18.5 Å². The molecule has 2 N–H and O–H groups in total. The lowest BCUT2D eigenvalue weighted by Gasteiger charge is -2.29. The van der Waals surface area contributed by atoms with Crippen LogP contribution in [0.25, 0.3) is 10.9 Å². The first kappa shape index (κ1) is 20.9. The van der Waals surface area contributed by atoms with Gasteiger partial charge in [0, 0.05) is 23.3 Å². The van der Waals surface area contributed by atoms with Crippen LogP contribution in [0.1, 0.15) is 45.8 Å². The van der Waals surface area contributed by atoms with Crippen molar-refractivity contribution in [1.82, 2.24) is 19.9 Å². The number of pyridine rings is 3. The summed E-state index contributed by atoms with van der Waals surface area (Å²) in [6.07, 6.45) is 3.22. The van der Waals surface area contributed by atoms with Crippen molar-refractivity contribution in [2.24, 2.45) is 0 Å². The first-order chi connectivity index (χ1) is 15.5. The number of nitriles is 1. The molecule has 0 bridgehead atoms. The number of aryl methyl sites for hydroxylation is 1. The number of nitrogens with two attached hydrogens (primary N) is 1. The molecule has 4 rings (SSSR count). The first-order valence-corrected chi connectivity index (χ1v) is 10.2. The number of hydrogen-bond donors (Lipinski definition) is 1. The lowest BCUT2D eigenvalue weighted by molar-refractivity contribution is 0.0668. The van der Waals surface area contributed by atoms with Gasteiger partial charge in [-0.15, -0.1) is 0 Å². The van der Waals surface area contributed by atoms with E-state index in [1.165, 1.54) is 6.20 Å². The highest BCUT2D eigenvalue weighted by molar-refractivity contribution is 5.98. The molecule has 1 unspecified atom stereocenters. The summed E-state index contributed by atoms with van der Waals surface area (Å²) in [6, 6.07) is 18.2. The Morgan fingerprint density at radius 1 is 1.16 bits per heavy atom. The number of nitrogen functional groups attached to an aromatic ring is 1. The molecule has 1 atom stereocenters. The third-order valence-corrected chi connectivity index (χ3v) is 5.42. The number of rotatable bonds is 5. The third-order valence-electron chi connectivity index (χ3n) is 5.42. The fourth-order valence-electron chi connectivity index (χ4n) is 3.52. The molecule has 32 heavy (non-hydrogen) atoms. The standard InChI is InChI=1S/C25H22N6O/c1-16-11-20-12-19(7-9-23(20)30-24(16)27)25(32)31(17(2)22-5-3-4-10-28-22)15-21-8-6-18(13-26)14-29-21/h3-12,14,17H,15H2,1-2H3,(H2,27,30). The lowest BCUT2D eigenvalue weighted by Crippen LogP contribution is -2.34. The van der Waals surface area contributed by atoms with E-state index >= 15 is 0 Å². The predicted molar refractivity (Wildman–Crippen MR) is 122 cm³/mol. The number of carbonyl (C=O) groups excluding carboxylic acids is 1. The van der Waals surface area contributed by atoms with E-state index < -0.39 is 0 Å². The molecule has 0 aliphatic rings. The fourth-order valence-corrected chi connectivity index (χ4v) is 3.52. The highest BCUT2D eigenvalue weighted by atomic mass is 16.2. The Morgan fingerprint density at radius 3 is 2.69 bits per heavy atom. The molecule has 3 aromatic heterocycles. The summed E-state index contributed by atoms with van der Waals surface area (Å²) in [4.78, 5) is 28.6. The SMILES string of the molecule is Cc1cc2cc(C(=O)N(Cc3ccc(C#N)cn3)C(C)c3ccccn3)ccc2nc1N. The first-order valence-electron chi connectivity index (χ1n) is 10.2. The van der Waals surface area contributed by atoms with E-state index in [0.717, 1.165) is 22.2 Å². The summed E-state index contributed by atoms with van der Waals surface area (Å²) in [6.45, 7) is 4.11. The van der Waals surface area contributed by atoms with Crippen LogP contribution in [0.3, 0.4) is 0 Å². The van der Waals surface area contributed by atoms with Gasteiger partial charge in [-0.25, -0.2) is 4.98 Å². The van der Waals surface area contributed by atoms with Crippen LogP contribution in [0.2, 0.25) is 0 Å². The van der Waals surface area contributed by atoms with Crippen LogP contribution >= 0.6 is 0 Å². The molecule has 0 radical (unpaired) electrons. The molecule has 0 spiro atoms. The van der Waals surface area contributed by atoms with Crippen LogP contribution in [0.5, 0.6) is 0 Å². The van der Waals surface area contributed by atoms with Gasteiger partial charge in [0.15, 0.2) is 0 Å². The molecule has 0 fully saturated rings. The summed E-state index contributed by atoms with van der Waals surface area (Å²) in [5.41, 5.74) is 10.0. The quantitative estimate of drug-likeness (QED) is 0.516. The van der Waals surface area contributed by atoms with Crippen molar-refractivity contribution in [3.05, 3.63) is 95.1 Å². The van der Waals surface area contributed by atoms with Gasteiger partial charge in [0.25, 0.3) is 5.91 Å². The maximum Gasteiger partial charge on any atom is 0.254 e. The van der Waals surface area contributed by atoms with Crippen molar-refractivity contribution in [3.8, 4) is 6.07 Å². The Morgan fingerprint density at radius 2 is 2.00 bits per heavy atom. The molecular weight excluding hydrogens is 400 g/mol. The molecule has 3 heterocycles. The van der Waals surface area contributed by atoms with E-state index in [4.69, 9.17) is 11.0 Å². The summed E-state index contributed by atoms with van der Waals surface area (Å²) in [5.74, 6) is 0.333. The highest BCUT2D eigenvalue weighted by Crippen LogP contribution is 2.25. The number of amides is 1. The van der Waals surface area contributed by atoms with Gasteiger partial charge in [0.2, 0.25) is 0 Å². The monoisotopic (exact) mass is 422 g/mol. The van der Waals surface area contributed by atoms with Crippen molar-refractivity contribution in [3.63, 3.8) is 0 Å². The number of anilines is 1. The zero-order valence-corrected chi connectivity index (χ0v) is 17.9. The van der Waals surface area contributed by atoms with Crippen LogP contribution in [0.4, 0.5) is 5.82 Å². The summed E-state index contributed by atoms with van der Waals surface area (Å²) in [7, 11) is 0. The molecule has 0 saturated heterocycles. The molecule has 0 saturated carbocycles. The number of carbonyl (C=O) groups is 1. The Hall–Kier alpha value is -4.31. The summed E-state index contributed by atoms with van der Waals surface area (Å²) in [5, 5.41) is 9.88. The fraction of sp³-hybridized carbons (Fsp3) is 0.160. The zero-order valence-electron chi connectivity index (χ0n) is 17.9. The number of benzene rings is 1. The molecule has 0 aliphatic heterocycles. The molecule has 158 valence electrons. The van der Waals surface area contributed by atoms with Crippen LogP contribution in [0, 0.1) is 18.3 Å². The van der Waals surface area contributed by atoms with E-state index in [0.29, 0.717) is 22.6 Å². The van der Waals surface area contributed by atoms with E-state index in [1.807, 2.05) is 50.2 Å². The highest BCUT2D eigenvalue weighted by Gasteiger charge is 2.25. The largest absolute Gasteiger partial charge is 0.383 e. The predicted octanol–water partition coefficient (Wildman–Crippen LogP) is 4.19. The van der Waals surface area contributed by atoms with Gasteiger partial charge in [-0.3, -0.25) is 14.8 Å². The van der Waals surface area contributed by atoms with E-state index in [2.05, 4.69) is 21.0 Å². The lowest BCUT2D eigenvalue weighted by atomic mass is 10.1. The van der Waals surface area contributed by atoms with Crippen molar-refractivity contribution in [2.45, 2.75) is 26.4 Å². The minimum absolute atomic E-state index is 0.148. The van der Waals surface area contributed by atoms with Crippen molar-refractivity contribution < 1.29 is 4.79 Å².